The molecule has 0 amide bonds. The van der Waals surface area contributed by atoms with Crippen molar-refractivity contribution < 1.29 is 20.1 Å². The van der Waals surface area contributed by atoms with E-state index >= 15 is 0 Å². The molecule has 0 atom stereocenters. The second-order valence-electron chi connectivity index (χ2n) is 13.5. The topological polar surface area (TPSA) is 25.8 Å². The Labute approximate surface area is 303 Å². The quantitative estimate of drug-likeness (QED) is 0.123. The smallest absolute Gasteiger partial charge is 0.0167 e. The molecule has 0 fully saturated rings. The fourth-order valence-electron chi connectivity index (χ4n) is 6.81. The van der Waals surface area contributed by atoms with Gasteiger partial charge in [0, 0.05) is 32.5 Å². The minimum Gasteiger partial charge on any atom is -0.304 e. The summed E-state index contributed by atoms with van der Waals surface area (Å²) in [5.74, 6) is 1.22. The van der Waals surface area contributed by atoms with Gasteiger partial charge in [-0.15, -0.1) is 70.8 Å². The van der Waals surface area contributed by atoms with E-state index < -0.39 is 0 Å². The zero-order valence-corrected chi connectivity index (χ0v) is 30.9. The minimum absolute atomic E-state index is 0. The van der Waals surface area contributed by atoms with E-state index in [1.807, 2.05) is 54.9 Å². The third kappa shape index (κ3) is 7.49. The summed E-state index contributed by atoms with van der Waals surface area (Å²) in [4.78, 5) is 9.30. The molecular weight excluding hydrogens is 773 g/mol. The third-order valence-electron chi connectivity index (χ3n) is 8.82. The van der Waals surface area contributed by atoms with Crippen LogP contribution in [0.1, 0.15) is 38.8 Å². The molecule has 245 valence electrons. The van der Waals surface area contributed by atoms with Crippen molar-refractivity contribution in [2.24, 2.45) is 11.8 Å². The summed E-state index contributed by atoms with van der Waals surface area (Å²) in [5, 5.41) is 10.0. The predicted octanol–water partition coefficient (Wildman–Crippen LogP) is 12.1. The summed E-state index contributed by atoms with van der Waals surface area (Å²) in [6, 6.07) is 49.6. The summed E-state index contributed by atoms with van der Waals surface area (Å²) >= 11 is 0. The third-order valence-corrected chi connectivity index (χ3v) is 8.82. The number of hydrogen-bond acceptors (Lipinski definition) is 2. The number of pyridine rings is 2. The van der Waals surface area contributed by atoms with E-state index in [0.717, 1.165) is 35.4 Å². The average Bonchev–Trinajstić information content (AvgIpc) is 3.11. The molecule has 0 aliphatic carbocycles. The molecule has 0 spiro atoms. The Morgan fingerprint density at radius 2 is 1.10 bits per heavy atom. The van der Waals surface area contributed by atoms with E-state index in [-0.39, 0.29) is 20.1 Å². The standard InChI is InChI=1S/C31H30N.C15H10N.Ir/c1-20(2)15-22-17-23(16-21(3)4)19-25(18-22)31-30-12-11-27-26-8-6-5-7-24(26)9-10-28(27)29(30)13-14-32-31;1-2-7-13(8-3-1)15-14-9-5-4-6-12(14)10-11-16-15;/h5-14,17-18,20-21H,15-16H2,1-4H3;1-7,9-11H;/q2*-1;. The molecule has 0 N–H and O–H groups in total. The Morgan fingerprint density at radius 1 is 0.510 bits per heavy atom. The Hall–Kier alpha value is -4.69. The van der Waals surface area contributed by atoms with Crippen LogP contribution in [0, 0.1) is 24.0 Å². The first-order valence-electron chi connectivity index (χ1n) is 17.0. The molecule has 8 rings (SSSR count). The number of fused-ring (bicyclic) bond motifs is 6. The van der Waals surface area contributed by atoms with Gasteiger partial charge in [-0.1, -0.05) is 100 Å². The van der Waals surface area contributed by atoms with Crippen LogP contribution in [0.25, 0.3) is 65.6 Å². The molecule has 0 saturated heterocycles. The minimum atomic E-state index is 0. The SMILES string of the molecule is CC(C)Cc1[c-]c(-c2nccc3c2ccc2c4ccccc4ccc32)cc(CC(C)C)c1.[Ir].[c-]1ccccc1-c1nccc2ccccc12. The molecule has 2 nitrogen and oxygen atoms in total. The van der Waals surface area contributed by atoms with E-state index in [1.54, 1.807) is 0 Å². The Balaban J connectivity index is 0.000000205. The molecule has 8 aromatic rings. The monoisotopic (exact) mass is 813 g/mol. The molecule has 1 radical (unpaired) electrons. The van der Waals surface area contributed by atoms with Crippen LogP contribution < -0.4 is 0 Å². The van der Waals surface area contributed by atoms with Crippen molar-refractivity contribution in [3.05, 3.63) is 157 Å². The number of rotatable bonds is 6. The van der Waals surface area contributed by atoms with Gasteiger partial charge in [0.05, 0.1) is 0 Å². The van der Waals surface area contributed by atoms with Crippen LogP contribution in [0.15, 0.2) is 134 Å². The van der Waals surface area contributed by atoms with Gasteiger partial charge in [0.2, 0.25) is 0 Å². The second-order valence-corrected chi connectivity index (χ2v) is 13.5. The van der Waals surface area contributed by atoms with Gasteiger partial charge in [0.1, 0.15) is 0 Å². The Morgan fingerprint density at radius 3 is 1.84 bits per heavy atom. The van der Waals surface area contributed by atoms with Crippen molar-refractivity contribution in [1.82, 2.24) is 9.97 Å². The zero-order valence-electron chi connectivity index (χ0n) is 28.5. The second kappa shape index (κ2) is 15.2. The molecule has 2 aromatic heterocycles. The fourth-order valence-corrected chi connectivity index (χ4v) is 6.81. The largest absolute Gasteiger partial charge is 0.304 e. The van der Waals surface area contributed by atoms with Crippen LogP contribution in [0.5, 0.6) is 0 Å². The van der Waals surface area contributed by atoms with Gasteiger partial charge in [-0.05, 0) is 91.3 Å². The van der Waals surface area contributed by atoms with E-state index in [0.29, 0.717) is 11.8 Å². The molecular formula is C46H40IrN2-2. The molecule has 0 unspecified atom stereocenters. The maximum absolute atomic E-state index is 4.86. The predicted molar refractivity (Wildman–Crippen MR) is 204 cm³/mol. The molecule has 3 heteroatoms. The Bertz CT molecular complexity index is 2330. The number of aromatic nitrogens is 2. The number of benzene rings is 6. The van der Waals surface area contributed by atoms with Crippen LogP contribution in [-0.4, -0.2) is 9.97 Å². The van der Waals surface area contributed by atoms with Gasteiger partial charge >= 0.3 is 0 Å². The van der Waals surface area contributed by atoms with E-state index in [9.17, 15) is 0 Å². The van der Waals surface area contributed by atoms with Crippen molar-refractivity contribution in [3.63, 3.8) is 0 Å². The molecule has 0 aliphatic heterocycles. The average molecular weight is 813 g/mol. The van der Waals surface area contributed by atoms with Crippen molar-refractivity contribution in [2.75, 3.05) is 0 Å². The van der Waals surface area contributed by atoms with Crippen LogP contribution in [0.2, 0.25) is 0 Å². The number of hydrogen-bond donors (Lipinski definition) is 0. The number of nitrogens with zero attached hydrogens (tertiary/aromatic N) is 2. The molecule has 0 aliphatic rings. The fraction of sp³-hybridized carbons (Fsp3) is 0.174. The van der Waals surface area contributed by atoms with Crippen molar-refractivity contribution in [3.8, 4) is 22.5 Å². The van der Waals surface area contributed by atoms with Crippen molar-refractivity contribution in [2.45, 2.75) is 40.5 Å². The van der Waals surface area contributed by atoms with Crippen molar-refractivity contribution in [1.29, 1.82) is 0 Å². The molecule has 0 bridgehead atoms. The first-order valence-corrected chi connectivity index (χ1v) is 17.0. The van der Waals surface area contributed by atoms with Gasteiger partial charge in [0.15, 0.2) is 0 Å². The van der Waals surface area contributed by atoms with Crippen LogP contribution in [0.4, 0.5) is 0 Å². The van der Waals surface area contributed by atoms with Crippen LogP contribution >= 0.6 is 0 Å². The summed E-state index contributed by atoms with van der Waals surface area (Å²) in [6.07, 6.45) is 5.92. The first-order chi connectivity index (χ1) is 23.4. The molecule has 49 heavy (non-hydrogen) atoms. The van der Waals surface area contributed by atoms with E-state index in [2.05, 4.69) is 124 Å². The summed E-state index contributed by atoms with van der Waals surface area (Å²) in [6.45, 7) is 9.11. The van der Waals surface area contributed by atoms with Gasteiger partial charge in [-0.3, -0.25) is 0 Å². The summed E-state index contributed by atoms with van der Waals surface area (Å²) in [7, 11) is 0. The van der Waals surface area contributed by atoms with Gasteiger partial charge in [-0.25, -0.2) is 0 Å². The van der Waals surface area contributed by atoms with Gasteiger partial charge in [0.25, 0.3) is 0 Å². The summed E-state index contributed by atoms with van der Waals surface area (Å²) in [5.41, 5.74) is 6.87. The van der Waals surface area contributed by atoms with Crippen LogP contribution in [-0.2, 0) is 32.9 Å². The molecule has 0 saturated carbocycles. The molecule has 2 heterocycles. The van der Waals surface area contributed by atoms with E-state index in [1.165, 1.54) is 54.2 Å². The van der Waals surface area contributed by atoms with Crippen molar-refractivity contribution >= 4 is 43.1 Å². The molecule has 6 aromatic carbocycles. The maximum Gasteiger partial charge on any atom is 0.0167 e. The Kier molecular flexibility index (Phi) is 10.6. The van der Waals surface area contributed by atoms with Crippen LogP contribution in [0.3, 0.4) is 0 Å². The zero-order chi connectivity index (χ0) is 33.0. The van der Waals surface area contributed by atoms with Gasteiger partial charge < -0.3 is 9.97 Å². The van der Waals surface area contributed by atoms with Gasteiger partial charge in [-0.2, -0.15) is 0 Å². The first kappa shape index (κ1) is 34.2. The normalized spacial score (nSPS) is 11.2. The summed E-state index contributed by atoms with van der Waals surface area (Å²) < 4.78 is 0. The van der Waals surface area contributed by atoms with E-state index in [4.69, 9.17) is 4.98 Å². The maximum atomic E-state index is 4.86.